The van der Waals surface area contributed by atoms with Gasteiger partial charge < -0.3 is 10.1 Å². The first kappa shape index (κ1) is 13.7. The van der Waals surface area contributed by atoms with Crippen molar-refractivity contribution in [3.8, 4) is 0 Å². The molecule has 2 N–H and O–H groups in total. The number of hydrogen-bond donors (Lipinski definition) is 2. The summed E-state index contributed by atoms with van der Waals surface area (Å²) in [6.45, 7) is 2.11. The number of ether oxygens (including phenoxy) is 1. The summed E-state index contributed by atoms with van der Waals surface area (Å²) in [4.78, 5) is 12.2. The van der Waals surface area contributed by atoms with E-state index in [1.165, 1.54) is 0 Å². The molecule has 2 aromatic rings. The van der Waals surface area contributed by atoms with Gasteiger partial charge in [-0.05, 0) is 19.1 Å². The van der Waals surface area contributed by atoms with E-state index >= 15 is 0 Å². The summed E-state index contributed by atoms with van der Waals surface area (Å²) in [5, 5.41) is 11.4. The summed E-state index contributed by atoms with van der Waals surface area (Å²) in [7, 11) is 0. The molecule has 0 aliphatic carbocycles. The minimum Gasteiger partial charge on any atom is -0.456 e. The maximum absolute atomic E-state index is 12.2. The number of aromatic nitrogens is 2. The third kappa shape index (κ3) is 1.79. The van der Waals surface area contributed by atoms with Gasteiger partial charge >= 0.3 is 5.97 Å². The maximum Gasteiger partial charge on any atom is 0.337 e. The first-order chi connectivity index (χ1) is 10.6. The molecule has 0 unspecified atom stereocenters. The van der Waals surface area contributed by atoms with Crippen molar-refractivity contribution in [2.24, 2.45) is 0 Å². The lowest BCUT2D eigenvalue weighted by atomic mass is 9.82. The van der Waals surface area contributed by atoms with E-state index in [1.807, 2.05) is 6.92 Å². The van der Waals surface area contributed by atoms with E-state index in [0.717, 1.165) is 11.3 Å². The lowest BCUT2D eigenvalue weighted by molar-refractivity contribution is -0.136. The molecule has 5 nitrogen and oxygen atoms in total. The van der Waals surface area contributed by atoms with Crippen molar-refractivity contribution in [1.29, 1.82) is 0 Å². The number of benzene rings is 1. The van der Waals surface area contributed by atoms with Crippen molar-refractivity contribution in [3.05, 3.63) is 56.3 Å². The Morgan fingerprint density at radius 1 is 1.27 bits per heavy atom. The summed E-state index contributed by atoms with van der Waals surface area (Å²) < 4.78 is 5.17. The average molecular weight is 336 g/mol. The Kier molecular flexibility index (Phi) is 2.96. The molecule has 1 aromatic heterocycles. The van der Waals surface area contributed by atoms with Gasteiger partial charge in [-0.1, -0.05) is 29.3 Å². The first-order valence-electron chi connectivity index (χ1n) is 6.74. The Labute approximate surface area is 136 Å². The molecule has 1 aromatic carbocycles. The number of aryl methyl sites for hydroxylation is 1. The smallest absolute Gasteiger partial charge is 0.337 e. The third-order valence-electron chi connectivity index (χ3n) is 4.02. The van der Waals surface area contributed by atoms with Gasteiger partial charge in [0.2, 0.25) is 0 Å². The molecule has 0 amide bonds. The van der Waals surface area contributed by atoms with Crippen molar-refractivity contribution in [2.75, 3.05) is 11.9 Å². The zero-order chi connectivity index (χ0) is 15.4. The molecule has 0 fully saturated rings. The summed E-state index contributed by atoms with van der Waals surface area (Å²) in [6, 6.07) is 5.31. The normalized spacial score (nSPS) is 19.6. The van der Waals surface area contributed by atoms with Crippen LogP contribution in [0, 0.1) is 6.92 Å². The van der Waals surface area contributed by atoms with Crippen molar-refractivity contribution in [2.45, 2.75) is 12.8 Å². The lowest BCUT2D eigenvalue weighted by Gasteiger charge is -2.25. The molecule has 0 radical (unpaired) electrons. The van der Waals surface area contributed by atoms with Crippen LogP contribution < -0.4 is 5.32 Å². The molecule has 0 saturated carbocycles. The van der Waals surface area contributed by atoms with Gasteiger partial charge in [0.1, 0.15) is 6.61 Å². The zero-order valence-electron chi connectivity index (χ0n) is 11.5. The van der Waals surface area contributed by atoms with E-state index in [1.54, 1.807) is 18.2 Å². The second kappa shape index (κ2) is 4.76. The van der Waals surface area contributed by atoms with Gasteiger partial charge in [0.15, 0.2) is 5.82 Å². The minimum absolute atomic E-state index is 0.206. The van der Waals surface area contributed by atoms with Crippen molar-refractivity contribution in [3.63, 3.8) is 0 Å². The number of anilines is 1. The molecule has 1 atom stereocenters. The monoisotopic (exact) mass is 335 g/mol. The van der Waals surface area contributed by atoms with Crippen molar-refractivity contribution >= 4 is 35.0 Å². The predicted molar refractivity (Wildman–Crippen MR) is 83.2 cm³/mol. The van der Waals surface area contributed by atoms with Crippen LogP contribution in [0.4, 0.5) is 5.82 Å². The van der Waals surface area contributed by atoms with Crippen LogP contribution in [0.25, 0.3) is 0 Å². The number of cyclic esters (lactones) is 1. The second-order valence-electron chi connectivity index (χ2n) is 5.27. The summed E-state index contributed by atoms with van der Waals surface area (Å²) in [6.07, 6.45) is 0. The molecule has 0 spiro atoms. The van der Waals surface area contributed by atoms with Crippen LogP contribution in [0.15, 0.2) is 29.5 Å². The number of carbonyl (C=O) groups excluding carboxylic acids is 1. The van der Waals surface area contributed by atoms with Gasteiger partial charge in [0.25, 0.3) is 0 Å². The quantitative estimate of drug-likeness (QED) is 0.784. The average Bonchev–Trinajstić information content (AvgIpc) is 3.03. The lowest BCUT2D eigenvalue weighted by Crippen LogP contribution is -2.20. The number of H-pyrrole nitrogens is 1. The number of fused-ring (bicyclic) bond motifs is 1. The highest BCUT2D eigenvalue weighted by atomic mass is 35.5. The van der Waals surface area contributed by atoms with Crippen molar-refractivity contribution in [1.82, 2.24) is 10.2 Å². The van der Waals surface area contributed by atoms with Gasteiger partial charge in [-0.15, -0.1) is 0 Å². The molecular weight excluding hydrogens is 325 g/mol. The molecule has 4 rings (SSSR count). The highest BCUT2D eigenvalue weighted by molar-refractivity contribution is 6.36. The zero-order valence-corrected chi connectivity index (χ0v) is 13.0. The van der Waals surface area contributed by atoms with Crippen LogP contribution in [0.3, 0.4) is 0 Å². The van der Waals surface area contributed by atoms with E-state index in [4.69, 9.17) is 27.9 Å². The van der Waals surface area contributed by atoms with E-state index in [-0.39, 0.29) is 18.5 Å². The second-order valence-corrected chi connectivity index (χ2v) is 6.09. The van der Waals surface area contributed by atoms with Crippen LogP contribution in [0.1, 0.15) is 22.7 Å². The number of esters is 1. The van der Waals surface area contributed by atoms with Gasteiger partial charge in [-0.25, -0.2) is 4.79 Å². The van der Waals surface area contributed by atoms with Gasteiger partial charge in [0, 0.05) is 26.9 Å². The molecule has 22 heavy (non-hydrogen) atoms. The Morgan fingerprint density at radius 2 is 2.00 bits per heavy atom. The summed E-state index contributed by atoms with van der Waals surface area (Å²) >= 11 is 12.8. The topological polar surface area (TPSA) is 67.0 Å². The van der Waals surface area contributed by atoms with Crippen LogP contribution in [-0.2, 0) is 9.53 Å². The Balaban J connectivity index is 2.02. The number of halogens is 2. The molecule has 2 aliphatic rings. The third-order valence-corrected chi connectivity index (χ3v) is 4.68. The molecular formula is C15H11Cl2N3O2. The van der Waals surface area contributed by atoms with Crippen LogP contribution in [0.2, 0.25) is 10.0 Å². The fourth-order valence-corrected chi connectivity index (χ4v) is 3.68. The fourth-order valence-electron chi connectivity index (χ4n) is 3.06. The molecule has 2 aliphatic heterocycles. The van der Waals surface area contributed by atoms with E-state index < -0.39 is 0 Å². The predicted octanol–water partition coefficient (Wildman–Crippen LogP) is 3.39. The number of nitrogens with zero attached hydrogens (tertiary/aromatic N) is 1. The van der Waals surface area contributed by atoms with Crippen LogP contribution >= 0.6 is 23.2 Å². The summed E-state index contributed by atoms with van der Waals surface area (Å²) in [5.41, 5.74) is 3.68. The summed E-state index contributed by atoms with van der Waals surface area (Å²) in [5.74, 6) is -0.0635. The number of nitrogens with one attached hydrogen (secondary N) is 2. The number of aromatic amines is 1. The fraction of sp³-hybridized carbons (Fsp3) is 0.200. The van der Waals surface area contributed by atoms with Crippen LogP contribution in [-0.4, -0.2) is 22.8 Å². The molecule has 0 saturated heterocycles. The minimum atomic E-state index is -0.388. The number of rotatable bonds is 1. The van der Waals surface area contributed by atoms with Crippen molar-refractivity contribution < 1.29 is 9.53 Å². The molecule has 7 heteroatoms. The largest absolute Gasteiger partial charge is 0.456 e. The van der Waals surface area contributed by atoms with Gasteiger partial charge in [0.05, 0.1) is 17.2 Å². The Bertz CT molecular complexity index is 821. The molecule has 0 bridgehead atoms. The van der Waals surface area contributed by atoms with E-state index in [9.17, 15) is 4.79 Å². The van der Waals surface area contributed by atoms with E-state index in [0.29, 0.717) is 32.7 Å². The Morgan fingerprint density at radius 3 is 2.73 bits per heavy atom. The standard InChI is InChI=1S/C15H11Cl2N3O2/c1-6-10-13(11-7(16)3-2-4-8(11)17)12-9(5-22-15(12)21)18-14(10)20-19-6/h2-4,13H,5H2,1H3,(H2,18,19,20)/t13-/m1/s1. The van der Waals surface area contributed by atoms with Crippen LogP contribution in [0.5, 0.6) is 0 Å². The Hall–Kier alpha value is -1.98. The van der Waals surface area contributed by atoms with Gasteiger partial charge in [-0.2, -0.15) is 5.10 Å². The maximum atomic E-state index is 12.2. The number of carbonyl (C=O) groups is 1. The first-order valence-corrected chi connectivity index (χ1v) is 7.49. The SMILES string of the molecule is Cc1[nH]nc2c1[C@H](c1c(Cl)cccc1Cl)C1=C(COC1=O)N2. The number of hydrogen-bond acceptors (Lipinski definition) is 4. The van der Waals surface area contributed by atoms with Gasteiger partial charge in [-0.3, -0.25) is 5.10 Å². The molecule has 3 heterocycles. The molecule has 112 valence electrons. The highest BCUT2D eigenvalue weighted by Crippen LogP contribution is 2.48. The van der Waals surface area contributed by atoms with E-state index in [2.05, 4.69) is 15.5 Å². The highest BCUT2D eigenvalue weighted by Gasteiger charge is 2.42.